The van der Waals surface area contributed by atoms with Gasteiger partial charge in [0.1, 0.15) is 0 Å². The highest BCUT2D eigenvalue weighted by Gasteiger charge is 2.19. The van der Waals surface area contributed by atoms with Gasteiger partial charge in [-0.25, -0.2) is 29.9 Å². The zero-order valence-corrected chi connectivity index (χ0v) is 48.7. The van der Waals surface area contributed by atoms with E-state index < -0.39 is 0 Å². The van der Waals surface area contributed by atoms with Crippen LogP contribution in [0.1, 0.15) is 0 Å². The Labute approximate surface area is 519 Å². The Bertz CT molecular complexity index is 5560. The third-order valence-electron chi connectivity index (χ3n) is 17.6. The maximum Gasteiger partial charge on any atom is 0.164 e. The monoisotopic (exact) mass is 1140 g/mol. The molecule has 0 atom stereocenters. The van der Waals surface area contributed by atoms with Crippen molar-refractivity contribution in [1.82, 2.24) is 29.9 Å². The summed E-state index contributed by atoms with van der Waals surface area (Å²) in [6.45, 7) is 0. The average Bonchev–Trinajstić information content (AvgIpc) is 0.805. The summed E-state index contributed by atoms with van der Waals surface area (Å²) in [5, 5.41) is 14.5. The highest BCUT2D eigenvalue weighted by molar-refractivity contribution is 6.27. The van der Waals surface area contributed by atoms with Gasteiger partial charge in [0.05, 0.1) is 0 Å². The second-order valence-corrected chi connectivity index (χ2v) is 22.9. The van der Waals surface area contributed by atoms with Crippen LogP contribution in [0.3, 0.4) is 0 Å². The molecule has 0 aliphatic carbocycles. The van der Waals surface area contributed by atoms with E-state index in [0.717, 1.165) is 83.3 Å². The van der Waals surface area contributed by atoms with E-state index in [4.69, 9.17) is 29.9 Å². The van der Waals surface area contributed by atoms with Gasteiger partial charge in [0.25, 0.3) is 0 Å². The first kappa shape index (κ1) is 52.2. The minimum Gasteiger partial charge on any atom is -0.208 e. The number of benzene rings is 15. The van der Waals surface area contributed by atoms with Crippen molar-refractivity contribution in [3.63, 3.8) is 0 Å². The Morgan fingerprint density at radius 1 is 0.111 bits per heavy atom. The molecule has 90 heavy (non-hydrogen) atoms. The van der Waals surface area contributed by atoms with Gasteiger partial charge in [-0.15, -0.1) is 0 Å². The second kappa shape index (κ2) is 22.0. The zero-order chi connectivity index (χ0) is 59.5. The van der Waals surface area contributed by atoms with Gasteiger partial charge in [-0.1, -0.05) is 291 Å². The quantitative estimate of drug-likeness (QED) is 0.127. The Morgan fingerprint density at radius 3 is 0.622 bits per heavy atom. The molecule has 15 aromatic carbocycles. The van der Waals surface area contributed by atoms with Crippen molar-refractivity contribution in [2.24, 2.45) is 0 Å². The Morgan fingerprint density at radius 2 is 0.300 bits per heavy atom. The molecule has 0 aliphatic rings. The number of fused-ring (bicyclic) bond motifs is 12. The lowest BCUT2D eigenvalue weighted by molar-refractivity contribution is 1.07. The van der Waals surface area contributed by atoms with Crippen molar-refractivity contribution in [2.45, 2.75) is 0 Å². The molecule has 0 saturated heterocycles. The first-order valence-corrected chi connectivity index (χ1v) is 30.4. The standard InChI is InChI=1S/C84H52N6/c1-3-17-53(18-4-1)54-33-39-58(40-34-54)81-86-82(90-84(89-81)66-46-48-76-72-30-10-8-26-68(72)70-28-12-14-32-74(70)78(76)52-66)60-43-37-56(38-44-60)62-22-16-24-64(50-62)63-23-15-21-61(49-63)55-35-41-59(42-36-55)80-85-79(57-19-5-2-6-20-57)87-83(88-80)65-45-47-75-71-29-9-7-25-67(71)69-27-11-13-31-73(69)77(75)51-65/h1-52H. The molecule has 0 radical (unpaired) electrons. The van der Waals surface area contributed by atoms with Gasteiger partial charge >= 0.3 is 0 Å². The summed E-state index contributed by atoms with van der Waals surface area (Å²) >= 11 is 0. The van der Waals surface area contributed by atoms with Crippen molar-refractivity contribution in [1.29, 1.82) is 0 Å². The topological polar surface area (TPSA) is 77.3 Å². The highest BCUT2D eigenvalue weighted by Crippen LogP contribution is 2.41. The van der Waals surface area contributed by atoms with Gasteiger partial charge in [-0.05, 0) is 133 Å². The van der Waals surface area contributed by atoms with Gasteiger partial charge in [-0.2, -0.15) is 0 Å². The van der Waals surface area contributed by atoms with Gasteiger partial charge < -0.3 is 0 Å². The Balaban J connectivity index is 0.677. The fourth-order valence-electron chi connectivity index (χ4n) is 13.0. The summed E-state index contributed by atoms with van der Waals surface area (Å²) < 4.78 is 0. The number of aromatic nitrogens is 6. The summed E-state index contributed by atoms with van der Waals surface area (Å²) in [6, 6.07) is 112. The van der Waals surface area contributed by atoms with Crippen LogP contribution in [0.4, 0.5) is 0 Å². The van der Waals surface area contributed by atoms with E-state index in [1.54, 1.807) is 0 Å². The van der Waals surface area contributed by atoms with Crippen molar-refractivity contribution < 1.29 is 0 Å². The van der Waals surface area contributed by atoms with Crippen LogP contribution in [-0.2, 0) is 0 Å². The van der Waals surface area contributed by atoms with E-state index in [9.17, 15) is 0 Å². The summed E-state index contributed by atoms with van der Waals surface area (Å²) in [5.41, 5.74) is 14.4. The lowest BCUT2D eigenvalue weighted by atomic mass is 9.93. The lowest BCUT2D eigenvalue weighted by Crippen LogP contribution is -2.00. The van der Waals surface area contributed by atoms with E-state index in [1.165, 1.54) is 59.2 Å². The smallest absolute Gasteiger partial charge is 0.164 e. The molecular weight excluding hydrogens is 1090 g/mol. The third-order valence-corrected chi connectivity index (χ3v) is 17.6. The van der Waals surface area contributed by atoms with Crippen LogP contribution >= 0.6 is 0 Å². The molecule has 0 aliphatic heterocycles. The largest absolute Gasteiger partial charge is 0.208 e. The van der Waals surface area contributed by atoms with Crippen LogP contribution in [0.25, 0.3) is 177 Å². The van der Waals surface area contributed by atoms with Crippen molar-refractivity contribution in [2.75, 3.05) is 0 Å². The molecule has 0 unspecified atom stereocenters. The van der Waals surface area contributed by atoms with Crippen LogP contribution in [0.2, 0.25) is 0 Å². The molecule has 2 aromatic heterocycles. The van der Waals surface area contributed by atoms with Crippen molar-refractivity contribution >= 4 is 64.6 Å². The molecule has 6 nitrogen and oxygen atoms in total. The molecule has 0 fully saturated rings. The van der Waals surface area contributed by atoms with E-state index in [-0.39, 0.29) is 0 Å². The molecule has 17 rings (SSSR count). The van der Waals surface area contributed by atoms with E-state index in [1.807, 2.05) is 24.3 Å². The Kier molecular flexibility index (Phi) is 12.8. The van der Waals surface area contributed by atoms with Crippen LogP contribution in [0.5, 0.6) is 0 Å². The molecule has 2 heterocycles. The first-order valence-electron chi connectivity index (χ1n) is 30.4. The molecule has 0 saturated carbocycles. The van der Waals surface area contributed by atoms with Crippen LogP contribution < -0.4 is 0 Å². The van der Waals surface area contributed by atoms with Gasteiger partial charge in [-0.3, -0.25) is 0 Å². The summed E-state index contributed by atoms with van der Waals surface area (Å²) in [6.07, 6.45) is 0. The maximum absolute atomic E-state index is 5.24. The van der Waals surface area contributed by atoms with Crippen LogP contribution in [-0.4, -0.2) is 29.9 Å². The third kappa shape index (κ3) is 9.48. The number of nitrogens with zero attached hydrogens (tertiary/aromatic N) is 6. The molecule has 0 amide bonds. The van der Waals surface area contributed by atoms with Gasteiger partial charge in [0, 0.05) is 33.4 Å². The minimum atomic E-state index is 0.606. The SMILES string of the molecule is c1ccc(-c2ccc(-c3nc(-c4ccc(-c5cccc(-c6cccc(-c7ccc(-c8nc(-c9ccccc9)nc(-c9ccc%10c%11ccccc%11c%11ccccc%11c%10c9)n8)cc7)c6)c5)cc4)nc(-c4ccc5c6ccccc6c6ccccc6c5c4)n3)cc2)cc1. The van der Waals surface area contributed by atoms with Gasteiger partial charge in [0.2, 0.25) is 0 Å². The maximum atomic E-state index is 5.24. The zero-order valence-electron chi connectivity index (χ0n) is 48.7. The number of hydrogen-bond acceptors (Lipinski definition) is 6. The van der Waals surface area contributed by atoms with Gasteiger partial charge in [0.15, 0.2) is 34.9 Å². The fourth-order valence-corrected chi connectivity index (χ4v) is 13.0. The normalized spacial score (nSPS) is 11.6. The molecule has 0 bridgehead atoms. The predicted octanol–water partition coefficient (Wildman–Crippen LogP) is 21.6. The van der Waals surface area contributed by atoms with E-state index in [2.05, 4.69) is 291 Å². The predicted molar refractivity (Wildman–Crippen MR) is 373 cm³/mol. The average molecular weight is 1150 g/mol. The molecule has 0 spiro atoms. The van der Waals surface area contributed by atoms with Crippen LogP contribution in [0, 0.1) is 0 Å². The molecule has 418 valence electrons. The molecule has 0 N–H and O–H groups in total. The molecule has 6 heteroatoms. The van der Waals surface area contributed by atoms with Crippen molar-refractivity contribution in [3.05, 3.63) is 315 Å². The first-order chi connectivity index (χ1) is 44.6. The minimum absolute atomic E-state index is 0.606. The summed E-state index contributed by atoms with van der Waals surface area (Å²) in [4.78, 5) is 31.0. The molecular formula is C84H52N6. The van der Waals surface area contributed by atoms with Crippen molar-refractivity contribution in [3.8, 4) is 113 Å². The lowest BCUT2D eigenvalue weighted by Gasteiger charge is -2.13. The number of hydrogen-bond donors (Lipinski definition) is 0. The fraction of sp³-hybridized carbons (Fsp3) is 0. The van der Waals surface area contributed by atoms with Crippen LogP contribution in [0.15, 0.2) is 315 Å². The highest BCUT2D eigenvalue weighted by atomic mass is 15.0. The molecule has 17 aromatic rings. The Hall–Kier alpha value is -12.1. The van der Waals surface area contributed by atoms with E-state index >= 15 is 0 Å². The second-order valence-electron chi connectivity index (χ2n) is 22.9. The van der Waals surface area contributed by atoms with E-state index in [0.29, 0.717) is 34.9 Å². The summed E-state index contributed by atoms with van der Waals surface area (Å²) in [5.74, 6) is 3.70. The summed E-state index contributed by atoms with van der Waals surface area (Å²) in [7, 11) is 0. The number of rotatable bonds is 10.